The molecule has 2 amide bonds. The zero-order valence-electron chi connectivity index (χ0n) is 14.2. The summed E-state index contributed by atoms with van der Waals surface area (Å²) in [5.74, 6) is 0.681. The molecule has 0 saturated heterocycles. The van der Waals surface area contributed by atoms with Gasteiger partial charge in [-0.2, -0.15) is 0 Å². The van der Waals surface area contributed by atoms with Crippen LogP contribution in [0.5, 0.6) is 11.5 Å². The first-order valence-electron chi connectivity index (χ1n) is 7.72. The van der Waals surface area contributed by atoms with E-state index < -0.39 is 6.03 Å². The Bertz CT molecular complexity index is 709. The van der Waals surface area contributed by atoms with Crippen LogP contribution in [0.15, 0.2) is 42.5 Å². The molecule has 0 aliphatic heterocycles. The molecule has 0 saturated carbocycles. The van der Waals surface area contributed by atoms with Crippen LogP contribution in [0.4, 0.5) is 14.9 Å². The van der Waals surface area contributed by atoms with Crippen LogP contribution in [-0.4, -0.2) is 33.5 Å². The van der Waals surface area contributed by atoms with Crippen LogP contribution in [0.1, 0.15) is 5.56 Å². The Kier molecular flexibility index (Phi) is 7.03. The highest BCUT2D eigenvalue weighted by Crippen LogP contribution is 2.30. The van der Waals surface area contributed by atoms with Gasteiger partial charge in [-0.05, 0) is 18.2 Å². The Morgan fingerprint density at radius 2 is 1.88 bits per heavy atom. The van der Waals surface area contributed by atoms with Gasteiger partial charge in [0.15, 0.2) is 11.5 Å². The lowest BCUT2D eigenvalue weighted by Gasteiger charge is -2.13. The van der Waals surface area contributed by atoms with Gasteiger partial charge >= 0.3 is 6.03 Å². The van der Waals surface area contributed by atoms with Crippen molar-refractivity contribution in [2.24, 2.45) is 0 Å². The minimum Gasteiger partial charge on any atom is -0.493 e. The summed E-state index contributed by atoms with van der Waals surface area (Å²) in [6.45, 7) is 0.881. The third kappa shape index (κ3) is 5.65. The van der Waals surface area contributed by atoms with Crippen LogP contribution in [0, 0.1) is 5.82 Å². The fourth-order valence-corrected chi connectivity index (χ4v) is 2.09. The molecule has 0 radical (unpaired) electrons. The van der Waals surface area contributed by atoms with E-state index in [2.05, 4.69) is 10.6 Å². The first kappa shape index (κ1) is 18.5. The first-order valence-corrected chi connectivity index (χ1v) is 7.72. The summed E-state index contributed by atoms with van der Waals surface area (Å²) in [6, 6.07) is 10.9. The molecule has 2 rings (SSSR count). The van der Waals surface area contributed by atoms with Gasteiger partial charge in [-0.25, -0.2) is 9.18 Å². The van der Waals surface area contributed by atoms with E-state index in [1.54, 1.807) is 43.5 Å². The fraction of sp³-hybridized carbons (Fsp3) is 0.278. The van der Waals surface area contributed by atoms with E-state index in [1.807, 2.05) is 0 Å². The van der Waals surface area contributed by atoms with Gasteiger partial charge < -0.3 is 24.8 Å². The summed E-state index contributed by atoms with van der Waals surface area (Å²) in [5.41, 5.74) is 0.940. The average molecular weight is 348 g/mol. The summed E-state index contributed by atoms with van der Waals surface area (Å²) < 4.78 is 29.3. The highest BCUT2D eigenvalue weighted by atomic mass is 19.1. The largest absolute Gasteiger partial charge is 0.493 e. The number of carbonyl (C=O) groups is 1. The number of halogens is 1. The van der Waals surface area contributed by atoms with Crippen LogP contribution in [-0.2, 0) is 11.3 Å². The molecule has 0 spiro atoms. The Labute approximate surface area is 145 Å². The molecular weight excluding hydrogens is 327 g/mol. The molecular formula is C18H21FN2O4. The van der Waals surface area contributed by atoms with Crippen molar-refractivity contribution >= 4 is 11.7 Å². The van der Waals surface area contributed by atoms with Crippen LogP contribution in [0.2, 0.25) is 0 Å². The second-order valence-corrected chi connectivity index (χ2v) is 5.11. The van der Waals surface area contributed by atoms with Gasteiger partial charge in [0.25, 0.3) is 0 Å². The van der Waals surface area contributed by atoms with Crippen molar-refractivity contribution < 1.29 is 23.4 Å². The van der Waals surface area contributed by atoms with Gasteiger partial charge in [-0.1, -0.05) is 18.2 Å². The zero-order valence-corrected chi connectivity index (χ0v) is 14.2. The third-order valence-electron chi connectivity index (χ3n) is 3.36. The molecule has 6 nitrogen and oxygen atoms in total. The first-order chi connectivity index (χ1) is 12.1. The number of benzene rings is 2. The highest BCUT2D eigenvalue weighted by molar-refractivity contribution is 5.89. The molecule has 0 aliphatic rings. The van der Waals surface area contributed by atoms with Crippen LogP contribution >= 0.6 is 0 Å². The number of rotatable bonds is 8. The van der Waals surface area contributed by atoms with Gasteiger partial charge in [0.1, 0.15) is 12.4 Å². The van der Waals surface area contributed by atoms with Crippen molar-refractivity contribution in [1.29, 1.82) is 0 Å². The van der Waals surface area contributed by atoms with Gasteiger partial charge in [-0.15, -0.1) is 0 Å². The van der Waals surface area contributed by atoms with E-state index in [-0.39, 0.29) is 12.4 Å². The molecule has 2 N–H and O–H groups in total. The topological polar surface area (TPSA) is 68.8 Å². The summed E-state index contributed by atoms with van der Waals surface area (Å²) in [4.78, 5) is 12.0. The molecule has 0 unspecified atom stereocenters. The van der Waals surface area contributed by atoms with Crippen molar-refractivity contribution in [2.45, 2.75) is 6.54 Å². The summed E-state index contributed by atoms with van der Waals surface area (Å²) in [5, 5.41) is 5.28. The minimum atomic E-state index is -0.448. The Balaban J connectivity index is 1.95. The number of amides is 2. The van der Waals surface area contributed by atoms with Gasteiger partial charge in [-0.3, -0.25) is 0 Å². The standard InChI is InChI=1S/C18H21FN2O4/c1-23-9-10-25-17-11-14(7-8-16(17)24-2)21-18(22)20-12-13-5-3-4-6-15(13)19/h3-8,11H,9-10,12H2,1-2H3,(H2,20,21,22). The zero-order chi connectivity index (χ0) is 18.1. The maximum atomic E-state index is 13.5. The van der Waals surface area contributed by atoms with Gasteiger partial charge in [0.2, 0.25) is 0 Å². The predicted octanol–water partition coefficient (Wildman–Crippen LogP) is 3.18. The quantitative estimate of drug-likeness (QED) is 0.719. The molecule has 0 aliphatic carbocycles. The molecule has 2 aromatic carbocycles. The number of carbonyl (C=O) groups excluding carboxylic acids is 1. The lowest BCUT2D eigenvalue weighted by molar-refractivity contribution is 0.144. The molecule has 2 aromatic rings. The summed E-state index contributed by atoms with van der Waals surface area (Å²) in [6.07, 6.45) is 0. The van der Waals surface area contributed by atoms with Crippen molar-refractivity contribution in [1.82, 2.24) is 5.32 Å². The molecule has 0 atom stereocenters. The van der Waals surface area contributed by atoms with E-state index >= 15 is 0 Å². The summed E-state index contributed by atoms with van der Waals surface area (Å²) in [7, 11) is 3.12. The van der Waals surface area contributed by atoms with Gasteiger partial charge in [0.05, 0.1) is 13.7 Å². The molecule has 7 heteroatoms. The van der Waals surface area contributed by atoms with E-state index in [0.717, 1.165) is 0 Å². The highest BCUT2D eigenvalue weighted by Gasteiger charge is 2.09. The lowest BCUT2D eigenvalue weighted by atomic mass is 10.2. The minimum absolute atomic E-state index is 0.0891. The average Bonchev–Trinajstić information content (AvgIpc) is 2.61. The number of urea groups is 1. The van der Waals surface area contributed by atoms with Crippen molar-refractivity contribution in [2.75, 3.05) is 32.8 Å². The van der Waals surface area contributed by atoms with Crippen LogP contribution in [0.25, 0.3) is 0 Å². The Morgan fingerprint density at radius 1 is 1.08 bits per heavy atom. The molecule has 25 heavy (non-hydrogen) atoms. The fourth-order valence-electron chi connectivity index (χ4n) is 2.09. The van der Waals surface area contributed by atoms with Crippen molar-refractivity contribution in [3.8, 4) is 11.5 Å². The molecule has 134 valence electrons. The van der Waals surface area contributed by atoms with Crippen LogP contribution in [0.3, 0.4) is 0 Å². The van der Waals surface area contributed by atoms with Crippen molar-refractivity contribution in [3.63, 3.8) is 0 Å². The second-order valence-electron chi connectivity index (χ2n) is 5.11. The number of methoxy groups -OCH3 is 2. The van der Waals surface area contributed by atoms with E-state index in [0.29, 0.717) is 36.0 Å². The normalized spacial score (nSPS) is 10.2. The molecule has 0 fully saturated rings. The number of nitrogens with one attached hydrogen (secondary N) is 2. The van der Waals surface area contributed by atoms with E-state index in [9.17, 15) is 9.18 Å². The maximum Gasteiger partial charge on any atom is 0.319 e. The monoisotopic (exact) mass is 348 g/mol. The SMILES string of the molecule is COCCOc1cc(NC(=O)NCc2ccccc2F)ccc1OC. The third-order valence-corrected chi connectivity index (χ3v) is 3.36. The Hall–Kier alpha value is -2.80. The second kappa shape index (κ2) is 9.48. The molecule has 0 heterocycles. The predicted molar refractivity (Wildman–Crippen MR) is 92.6 cm³/mol. The number of hydrogen-bond donors (Lipinski definition) is 2. The van der Waals surface area contributed by atoms with Gasteiger partial charge in [0, 0.05) is 31.0 Å². The van der Waals surface area contributed by atoms with Crippen molar-refractivity contribution in [3.05, 3.63) is 53.8 Å². The summed E-state index contributed by atoms with van der Waals surface area (Å²) >= 11 is 0. The number of anilines is 1. The Morgan fingerprint density at radius 3 is 2.60 bits per heavy atom. The number of hydrogen-bond acceptors (Lipinski definition) is 4. The molecule has 0 bridgehead atoms. The van der Waals surface area contributed by atoms with E-state index in [1.165, 1.54) is 13.2 Å². The lowest BCUT2D eigenvalue weighted by Crippen LogP contribution is -2.28. The smallest absolute Gasteiger partial charge is 0.319 e. The molecule has 0 aromatic heterocycles. The maximum absolute atomic E-state index is 13.5. The van der Waals surface area contributed by atoms with Crippen LogP contribution < -0.4 is 20.1 Å². The number of ether oxygens (including phenoxy) is 3. The van der Waals surface area contributed by atoms with E-state index in [4.69, 9.17) is 14.2 Å².